The first-order chi connectivity index (χ1) is 9.74. The maximum atomic E-state index is 5.25. The van der Waals surface area contributed by atoms with Crippen LogP contribution in [0.3, 0.4) is 0 Å². The lowest BCUT2D eigenvalue weighted by molar-refractivity contribution is 0.414. The molecule has 0 fully saturated rings. The fraction of sp³-hybridized carbons (Fsp3) is 0.133. The van der Waals surface area contributed by atoms with Crippen LogP contribution in [0.25, 0.3) is 10.2 Å². The van der Waals surface area contributed by atoms with E-state index in [0.717, 1.165) is 26.4 Å². The molecular formula is C15H13BrN2OS. The minimum Gasteiger partial charge on any atom is -0.497 e. The number of rotatable bonds is 4. The molecule has 0 bridgehead atoms. The second-order valence-corrected chi connectivity index (χ2v) is 6.34. The maximum Gasteiger partial charge on any atom is 0.122 e. The van der Waals surface area contributed by atoms with E-state index >= 15 is 0 Å². The topological polar surface area (TPSA) is 34.1 Å². The molecule has 0 saturated carbocycles. The second-order valence-electron chi connectivity index (χ2n) is 4.31. The highest BCUT2D eigenvalue weighted by atomic mass is 79.9. The van der Waals surface area contributed by atoms with Crippen LogP contribution >= 0.6 is 27.3 Å². The molecule has 0 saturated heterocycles. The summed E-state index contributed by atoms with van der Waals surface area (Å²) in [6, 6.07) is 14.1. The van der Waals surface area contributed by atoms with E-state index in [1.54, 1.807) is 18.4 Å². The minimum atomic E-state index is 0.707. The van der Waals surface area contributed by atoms with Crippen LogP contribution in [0.2, 0.25) is 0 Å². The molecule has 102 valence electrons. The number of aromatic nitrogens is 1. The molecule has 3 rings (SSSR count). The molecule has 5 heteroatoms. The number of anilines is 1. The molecule has 3 aromatic rings. The Kier molecular flexibility index (Phi) is 3.89. The van der Waals surface area contributed by atoms with Gasteiger partial charge in [0.25, 0.3) is 0 Å². The molecule has 0 spiro atoms. The quantitative estimate of drug-likeness (QED) is 0.743. The molecular weight excluding hydrogens is 336 g/mol. The van der Waals surface area contributed by atoms with E-state index in [4.69, 9.17) is 4.74 Å². The van der Waals surface area contributed by atoms with Crippen molar-refractivity contribution in [1.82, 2.24) is 4.98 Å². The number of hydrogen-bond acceptors (Lipinski definition) is 4. The minimum absolute atomic E-state index is 0.707. The third-order valence-electron chi connectivity index (χ3n) is 2.89. The number of thiazole rings is 1. The predicted molar refractivity (Wildman–Crippen MR) is 87.6 cm³/mol. The highest BCUT2D eigenvalue weighted by Gasteiger charge is 2.04. The summed E-state index contributed by atoms with van der Waals surface area (Å²) < 4.78 is 7.46. The van der Waals surface area contributed by atoms with Gasteiger partial charge >= 0.3 is 0 Å². The SMILES string of the molecule is COc1cc(Br)cc(NCc2nc3ccccc3s2)c1. The monoisotopic (exact) mass is 348 g/mol. The van der Waals surface area contributed by atoms with E-state index in [9.17, 15) is 0 Å². The molecule has 0 amide bonds. The van der Waals surface area contributed by atoms with Crippen molar-refractivity contribution in [3.05, 3.63) is 51.9 Å². The van der Waals surface area contributed by atoms with Crippen LogP contribution in [0.5, 0.6) is 5.75 Å². The Morgan fingerprint density at radius 3 is 2.90 bits per heavy atom. The van der Waals surface area contributed by atoms with Crippen molar-refractivity contribution in [3.63, 3.8) is 0 Å². The van der Waals surface area contributed by atoms with Gasteiger partial charge in [-0.05, 0) is 24.3 Å². The standard InChI is InChI=1S/C15H13BrN2OS/c1-19-12-7-10(16)6-11(8-12)17-9-15-18-13-4-2-3-5-14(13)20-15/h2-8,17H,9H2,1H3. The van der Waals surface area contributed by atoms with E-state index in [1.165, 1.54) is 4.70 Å². The molecule has 0 aliphatic carbocycles. The number of hydrogen-bond donors (Lipinski definition) is 1. The third-order valence-corrected chi connectivity index (χ3v) is 4.38. The molecule has 0 aliphatic heterocycles. The molecule has 20 heavy (non-hydrogen) atoms. The lowest BCUT2D eigenvalue weighted by atomic mass is 10.3. The summed E-state index contributed by atoms with van der Waals surface area (Å²) >= 11 is 5.19. The molecule has 1 N–H and O–H groups in total. The maximum absolute atomic E-state index is 5.25. The first-order valence-corrected chi connectivity index (χ1v) is 7.78. The Balaban J connectivity index is 1.77. The third kappa shape index (κ3) is 2.94. The molecule has 0 unspecified atom stereocenters. The average Bonchev–Trinajstić information content (AvgIpc) is 2.87. The van der Waals surface area contributed by atoms with Crippen LogP contribution in [0.4, 0.5) is 5.69 Å². The van der Waals surface area contributed by atoms with Crippen LogP contribution in [-0.4, -0.2) is 12.1 Å². The molecule has 2 aromatic carbocycles. The number of nitrogens with one attached hydrogen (secondary N) is 1. The summed E-state index contributed by atoms with van der Waals surface area (Å²) in [7, 11) is 1.67. The van der Waals surface area contributed by atoms with Gasteiger partial charge in [-0.25, -0.2) is 4.98 Å². The van der Waals surface area contributed by atoms with E-state index in [1.807, 2.05) is 36.4 Å². The smallest absolute Gasteiger partial charge is 0.122 e. The fourth-order valence-corrected chi connectivity index (χ4v) is 3.34. The Labute approximate surface area is 129 Å². The van der Waals surface area contributed by atoms with Gasteiger partial charge in [0.1, 0.15) is 10.8 Å². The largest absolute Gasteiger partial charge is 0.497 e. The zero-order valence-electron chi connectivity index (χ0n) is 10.9. The highest BCUT2D eigenvalue weighted by molar-refractivity contribution is 9.10. The van der Waals surface area contributed by atoms with E-state index < -0.39 is 0 Å². The van der Waals surface area contributed by atoms with Gasteiger partial charge in [0.2, 0.25) is 0 Å². The van der Waals surface area contributed by atoms with Crippen LogP contribution < -0.4 is 10.1 Å². The Morgan fingerprint density at radius 1 is 1.25 bits per heavy atom. The first-order valence-electron chi connectivity index (χ1n) is 6.17. The molecule has 0 radical (unpaired) electrons. The zero-order chi connectivity index (χ0) is 13.9. The Morgan fingerprint density at radius 2 is 2.10 bits per heavy atom. The van der Waals surface area contributed by atoms with Gasteiger partial charge in [0, 0.05) is 16.2 Å². The normalized spacial score (nSPS) is 10.7. The number of halogens is 1. The average molecular weight is 349 g/mol. The number of para-hydroxylation sites is 1. The van der Waals surface area contributed by atoms with Crippen molar-refractivity contribution >= 4 is 43.2 Å². The van der Waals surface area contributed by atoms with Gasteiger partial charge in [0.15, 0.2) is 0 Å². The Hall–Kier alpha value is -1.59. The lowest BCUT2D eigenvalue weighted by Gasteiger charge is -2.07. The number of nitrogens with zero attached hydrogens (tertiary/aromatic N) is 1. The summed E-state index contributed by atoms with van der Waals surface area (Å²) in [5.41, 5.74) is 2.07. The van der Waals surface area contributed by atoms with Crippen molar-refractivity contribution in [2.45, 2.75) is 6.54 Å². The van der Waals surface area contributed by atoms with Gasteiger partial charge in [-0.3, -0.25) is 0 Å². The lowest BCUT2D eigenvalue weighted by Crippen LogP contribution is -1.99. The van der Waals surface area contributed by atoms with Crippen molar-refractivity contribution in [1.29, 1.82) is 0 Å². The van der Waals surface area contributed by atoms with Gasteiger partial charge in [-0.15, -0.1) is 11.3 Å². The number of fused-ring (bicyclic) bond motifs is 1. The van der Waals surface area contributed by atoms with Crippen molar-refractivity contribution in [2.24, 2.45) is 0 Å². The fourth-order valence-electron chi connectivity index (χ4n) is 1.96. The van der Waals surface area contributed by atoms with E-state index in [-0.39, 0.29) is 0 Å². The zero-order valence-corrected chi connectivity index (χ0v) is 13.3. The van der Waals surface area contributed by atoms with Crippen molar-refractivity contribution in [3.8, 4) is 5.75 Å². The van der Waals surface area contributed by atoms with Crippen LogP contribution in [0.15, 0.2) is 46.9 Å². The molecule has 1 heterocycles. The van der Waals surface area contributed by atoms with E-state index in [2.05, 4.69) is 32.3 Å². The van der Waals surface area contributed by atoms with Gasteiger partial charge in [-0.1, -0.05) is 28.1 Å². The molecule has 3 nitrogen and oxygen atoms in total. The summed E-state index contributed by atoms with van der Waals surface area (Å²) in [5, 5.41) is 4.45. The number of ether oxygens (including phenoxy) is 1. The number of benzene rings is 2. The van der Waals surface area contributed by atoms with Gasteiger partial charge < -0.3 is 10.1 Å². The van der Waals surface area contributed by atoms with Gasteiger partial charge in [-0.2, -0.15) is 0 Å². The van der Waals surface area contributed by atoms with E-state index in [0.29, 0.717) is 6.54 Å². The molecule has 1 aromatic heterocycles. The van der Waals surface area contributed by atoms with Crippen molar-refractivity contribution in [2.75, 3.05) is 12.4 Å². The number of methoxy groups -OCH3 is 1. The molecule has 0 aliphatic rings. The molecule has 0 atom stereocenters. The Bertz CT molecular complexity index is 709. The first kappa shape index (κ1) is 13.4. The second kappa shape index (κ2) is 5.81. The summed E-state index contributed by atoms with van der Waals surface area (Å²) in [5.74, 6) is 0.825. The summed E-state index contributed by atoms with van der Waals surface area (Å²) in [4.78, 5) is 4.61. The van der Waals surface area contributed by atoms with Crippen LogP contribution in [0, 0.1) is 0 Å². The van der Waals surface area contributed by atoms with Crippen LogP contribution in [-0.2, 0) is 6.54 Å². The van der Waals surface area contributed by atoms with Crippen molar-refractivity contribution < 1.29 is 4.74 Å². The van der Waals surface area contributed by atoms with Crippen LogP contribution in [0.1, 0.15) is 5.01 Å². The van der Waals surface area contributed by atoms with Gasteiger partial charge in [0.05, 0.1) is 23.9 Å². The summed E-state index contributed by atoms with van der Waals surface area (Å²) in [6.07, 6.45) is 0. The summed E-state index contributed by atoms with van der Waals surface area (Å²) in [6.45, 7) is 0.707. The predicted octanol–water partition coefficient (Wildman–Crippen LogP) is 4.68. The highest BCUT2D eigenvalue weighted by Crippen LogP contribution is 2.26.